The Labute approximate surface area is 154 Å². The lowest BCUT2D eigenvalue weighted by atomic mass is 10.0. The van der Waals surface area contributed by atoms with E-state index in [1.165, 1.54) is 48.9 Å². The summed E-state index contributed by atoms with van der Waals surface area (Å²) in [4.78, 5) is 0.199. The Morgan fingerprint density at radius 2 is 1.50 bits per heavy atom. The van der Waals surface area contributed by atoms with E-state index < -0.39 is 23.3 Å². The third kappa shape index (κ3) is 3.85. The van der Waals surface area contributed by atoms with E-state index in [-0.39, 0.29) is 28.4 Å². The van der Waals surface area contributed by atoms with Crippen LogP contribution < -0.4 is 4.74 Å². The van der Waals surface area contributed by atoms with E-state index in [1.54, 1.807) is 6.92 Å². The average molecular weight is 384 g/mol. The fourth-order valence-electron chi connectivity index (χ4n) is 3.24. The Morgan fingerprint density at radius 3 is 2.15 bits per heavy atom. The average Bonchev–Trinajstić information content (AvgIpc) is 3.15. The zero-order valence-corrected chi connectivity index (χ0v) is 15.3. The van der Waals surface area contributed by atoms with Gasteiger partial charge in [-0.15, -0.1) is 11.8 Å². The lowest BCUT2D eigenvalue weighted by Crippen LogP contribution is -2.01. The van der Waals surface area contributed by atoms with Crippen molar-refractivity contribution < 1.29 is 22.3 Å². The third-order valence-electron chi connectivity index (χ3n) is 4.63. The van der Waals surface area contributed by atoms with Crippen molar-refractivity contribution in [1.29, 1.82) is 0 Å². The Kier molecular flexibility index (Phi) is 6.12. The van der Waals surface area contributed by atoms with Gasteiger partial charge in [0.15, 0.2) is 23.2 Å². The highest BCUT2D eigenvalue weighted by atomic mass is 32.2. The van der Waals surface area contributed by atoms with Gasteiger partial charge in [0, 0.05) is 21.8 Å². The molecule has 0 saturated heterocycles. The molecule has 1 aliphatic carbocycles. The predicted octanol–water partition coefficient (Wildman–Crippen LogP) is 6.59. The van der Waals surface area contributed by atoms with Crippen LogP contribution in [0, 0.1) is 29.2 Å². The SMILES string of the molecule is CCOc1ccc(-c2ccc(SCC3CCCC3)c(F)c2F)c(F)c1F. The molecule has 1 nitrogen and oxygen atoms in total. The molecular weight excluding hydrogens is 364 g/mol. The molecule has 0 bridgehead atoms. The number of ether oxygens (including phenoxy) is 1. The van der Waals surface area contributed by atoms with Gasteiger partial charge < -0.3 is 4.74 Å². The first-order chi connectivity index (χ1) is 12.5. The third-order valence-corrected chi connectivity index (χ3v) is 5.90. The zero-order valence-electron chi connectivity index (χ0n) is 14.5. The maximum Gasteiger partial charge on any atom is 0.201 e. The molecule has 26 heavy (non-hydrogen) atoms. The number of hydrogen-bond donors (Lipinski definition) is 0. The second kappa shape index (κ2) is 8.33. The van der Waals surface area contributed by atoms with Crippen molar-refractivity contribution >= 4 is 11.8 Å². The van der Waals surface area contributed by atoms with Gasteiger partial charge in [-0.3, -0.25) is 0 Å². The van der Waals surface area contributed by atoms with Crippen molar-refractivity contribution in [2.45, 2.75) is 37.5 Å². The highest BCUT2D eigenvalue weighted by Crippen LogP contribution is 2.37. The Morgan fingerprint density at radius 1 is 0.885 bits per heavy atom. The normalized spacial score (nSPS) is 14.8. The zero-order chi connectivity index (χ0) is 18.7. The minimum absolute atomic E-state index is 0.172. The molecule has 0 unspecified atom stereocenters. The van der Waals surface area contributed by atoms with E-state index in [0.717, 1.165) is 18.6 Å². The maximum absolute atomic E-state index is 14.5. The van der Waals surface area contributed by atoms with Gasteiger partial charge in [0.25, 0.3) is 0 Å². The molecular formula is C20H20F4OS. The largest absolute Gasteiger partial charge is 0.491 e. The van der Waals surface area contributed by atoms with Gasteiger partial charge in [0.05, 0.1) is 6.61 Å². The van der Waals surface area contributed by atoms with Crippen LogP contribution in [0.3, 0.4) is 0 Å². The molecule has 0 amide bonds. The molecule has 2 aromatic carbocycles. The summed E-state index contributed by atoms with van der Waals surface area (Å²) in [7, 11) is 0. The van der Waals surface area contributed by atoms with Crippen LogP contribution in [0.2, 0.25) is 0 Å². The molecule has 3 rings (SSSR count). The van der Waals surface area contributed by atoms with Crippen LogP contribution in [0.25, 0.3) is 11.1 Å². The van der Waals surface area contributed by atoms with Gasteiger partial charge in [-0.05, 0) is 49.9 Å². The first-order valence-electron chi connectivity index (χ1n) is 8.74. The fourth-order valence-corrected chi connectivity index (χ4v) is 4.37. The van der Waals surface area contributed by atoms with Gasteiger partial charge in [0.1, 0.15) is 0 Å². The van der Waals surface area contributed by atoms with Gasteiger partial charge in [-0.2, -0.15) is 4.39 Å². The van der Waals surface area contributed by atoms with Gasteiger partial charge in [-0.25, -0.2) is 13.2 Å². The molecule has 0 aromatic heterocycles. The van der Waals surface area contributed by atoms with Crippen LogP contribution in [0.15, 0.2) is 29.2 Å². The van der Waals surface area contributed by atoms with Gasteiger partial charge >= 0.3 is 0 Å². The van der Waals surface area contributed by atoms with E-state index in [1.807, 2.05) is 0 Å². The first-order valence-corrected chi connectivity index (χ1v) is 9.73. The molecule has 0 radical (unpaired) electrons. The summed E-state index contributed by atoms with van der Waals surface area (Å²) in [6, 6.07) is 5.15. The molecule has 0 heterocycles. The maximum atomic E-state index is 14.5. The van der Waals surface area contributed by atoms with Crippen molar-refractivity contribution in [3.63, 3.8) is 0 Å². The Balaban J connectivity index is 1.87. The standard InChI is InChI=1S/C20H20F4OS/c1-2-25-15-9-7-13(17(21)19(15)23)14-8-10-16(20(24)18(14)22)26-11-12-5-3-4-6-12/h7-10,12H,2-6,11H2,1H3. The summed E-state index contributed by atoms with van der Waals surface area (Å²) in [5, 5.41) is 0. The topological polar surface area (TPSA) is 9.23 Å². The molecule has 0 atom stereocenters. The van der Waals surface area contributed by atoms with Crippen LogP contribution in [-0.2, 0) is 0 Å². The molecule has 1 saturated carbocycles. The van der Waals surface area contributed by atoms with Crippen LogP contribution in [0.4, 0.5) is 17.6 Å². The van der Waals surface area contributed by atoms with Gasteiger partial charge in [-0.1, -0.05) is 12.8 Å². The van der Waals surface area contributed by atoms with Crippen molar-refractivity contribution in [2.24, 2.45) is 5.92 Å². The van der Waals surface area contributed by atoms with E-state index in [2.05, 4.69) is 0 Å². The Hall–Kier alpha value is -1.69. The van der Waals surface area contributed by atoms with Gasteiger partial charge in [0.2, 0.25) is 5.82 Å². The quantitative estimate of drug-likeness (QED) is 0.410. The summed E-state index contributed by atoms with van der Waals surface area (Å²) in [6.07, 6.45) is 4.60. The van der Waals surface area contributed by atoms with Crippen LogP contribution in [0.5, 0.6) is 5.75 Å². The number of hydrogen-bond acceptors (Lipinski definition) is 2. The number of thioether (sulfide) groups is 1. The predicted molar refractivity (Wildman–Crippen MR) is 95.6 cm³/mol. The second-order valence-electron chi connectivity index (χ2n) is 6.37. The molecule has 0 spiro atoms. The second-order valence-corrected chi connectivity index (χ2v) is 7.43. The molecule has 2 aromatic rings. The van der Waals surface area contributed by atoms with E-state index in [0.29, 0.717) is 5.92 Å². The van der Waals surface area contributed by atoms with Crippen molar-refractivity contribution in [2.75, 3.05) is 12.4 Å². The van der Waals surface area contributed by atoms with Crippen molar-refractivity contribution in [3.05, 3.63) is 47.5 Å². The monoisotopic (exact) mass is 384 g/mol. The summed E-state index contributed by atoms with van der Waals surface area (Å²) >= 11 is 1.28. The summed E-state index contributed by atoms with van der Waals surface area (Å²) < 4.78 is 62.2. The minimum Gasteiger partial charge on any atom is -0.491 e. The smallest absolute Gasteiger partial charge is 0.201 e. The van der Waals surface area contributed by atoms with Crippen LogP contribution in [-0.4, -0.2) is 12.4 Å². The number of rotatable bonds is 6. The molecule has 6 heteroatoms. The van der Waals surface area contributed by atoms with Crippen LogP contribution in [0.1, 0.15) is 32.6 Å². The van der Waals surface area contributed by atoms with Crippen molar-refractivity contribution in [3.8, 4) is 16.9 Å². The number of benzene rings is 2. The first kappa shape index (κ1) is 19.1. The highest BCUT2D eigenvalue weighted by molar-refractivity contribution is 7.99. The molecule has 1 aliphatic rings. The number of halogens is 4. The molecule has 1 fully saturated rings. The molecule has 0 N–H and O–H groups in total. The minimum atomic E-state index is -1.25. The summed E-state index contributed by atoms with van der Waals surface area (Å²) in [6.45, 7) is 1.81. The fraction of sp³-hybridized carbons (Fsp3) is 0.400. The Bertz CT molecular complexity index is 788. The molecule has 0 aliphatic heterocycles. The van der Waals surface area contributed by atoms with E-state index >= 15 is 0 Å². The lowest BCUT2D eigenvalue weighted by Gasteiger charge is -2.13. The summed E-state index contributed by atoms with van der Waals surface area (Å²) in [5.74, 6) is -3.62. The van der Waals surface area contributed by atoms with E-state index in [4.69, 9.17) is 4.74 Å². The van der Waals surface area contributed by atoms with Crippen molar-refractivity contribution in [1.82, 2.24) is 0 Å². The lowest BCUT2D eigenvalue weighted by molar-refractivity contribution is 0.314. The highest BCUT2D eigenvalue weighted by Gasteiger charge is 2.22. The van der Waals surface area contributed by atoms with E-state index in [9.17, 15) is 17.6 Å². The molecule has 140 valence electrons. The van der Waals surface area contributed by atoms with Crippen LogP contribution >= 0.6 is 11.8 Å². The summed E-state index contributed by atoms with van der Waals surface area (Å²) in [5.41, 5.74) is -0.623.